The van der Waals surface area contributed by atoms with Crippen molar-refractivity contribution in [3.63, 3.8) is 0 Å². The smallest absolute Gasteiger partial charge is 0.341 e. The summed E-state index contributed by atoms with van der Waals surface area (Å²) in [5.74, 6) is -1.57. The van der Waals surface area contributed by atoms with E-state index >= 15 is 0 Å². The molecule has 0 bridgehead atoms. The molecule has 2 N–H and O–H groups in total. The van der Waals surface area contributed by atoms with Gasteiger partial charge in [0, 0.05) is 5.69 Å². The van der Waals surface area contributed by atoms with Gasteiger partial charge in [-0.2, -0.15) is 0 Å². The van der Waals surface area contributed by atoms with E-state index in [2.05, 4.69) is 10.6 Å². The first kappa shape index (κ1) is 20.9. The van der Waals surface area contributed by atoms with E-state index in [1.165, 1.54) is 25.3 Å². The lowest BCUT2D eigenvalue weighted by molar-refractivity contribution is -0.123. The van der Waals surface area contributed by atoms with Gasteiger partial charge >= 0.3 is 5.97 Å². The fourth-order valence-corrected chi connectivity index (χ4v) is 2.74. The van der Waals surface area contributed by atoms with E-state index in [9.17, 15) is 14.4 Å². The second-order valence-corrected chi connectivity index (χ2v) is 6.83. The molecule has 7 nitrogen and oxygen atoms in total. The van der Waals surface area contributed by atoms with Gasteiger partial charge in [-0.3, -0.25) is 9.59 Å². The van der Waals surface area contributed by atoms with Crippen molar-refractivity contribution >= 4 is 29.2 Å². The monoisotopic (exact) mass is 406 g/mol. The minimum atomic E-state index is -1.04. The zero-order chi connectivity index (χ0) is 21.7. The molecule has 0 radical (unpaired) electrons. The molecule has 0 saturated carbocycles. The SMILES string of the molecule is Cc1ccc(C)c(NC(=O)[C@H](C)OC(=O)c2ccccc2NC(=O)c2ccco2)c1. The van der Waals surface area contributed by atoms with Crippen molar-refractivity contribution in [1.29, 1.82) is 0 Å². The maximum Gasteiger partial charge on any atom is 0.341 e. The molecule has 154 valence electrons. The lowest BCUT2D eigenvalue weighted by Gasteiger charge is -2.16. The highest BCUT2D eigenvalue weighted by molar-refractivity contribution is 6.07. The Morgan fingerprint density at radius 2 is 1.70 bits per heavy atom. The third kappa shape index (κ3) is 4.94. The molecule has 1 atom stereocenters. The standard InChI is InChI=1S/C23H22N2O5/c1-14-10-11-15(2)19(13-14)25-21(26)16(3)30-23(28)17-7-4-5-8-18(17)24-22(27)20-9-6-12-29-20/h4-13,16H,1-3H3,(H,24,27)(H,25,26)/t16-/m0/s1. The van der Waals surface area contributed by atoms with Gasteiger partial charge < -0.3 is 19.8 Å². The largest absolute Gasteiger partial charge is 0.459 e. The molecule has 1 aromatic heterocycles. The molecule has 3 aromatic rings. The fourth-order valence-electron chi connectivity index (χ4n) is 2.74. The summed E-state index contributed by atoms with van der Waals surface area (Å²) in [5.41, 5.74) is 2.95. The minimum absolute atomic E-state index is 0.111. The molecule has 2 aromatic carbocycles. The number of benzene rings is 2. The van der Waals surface area contributed by atoms with E-state index in [4.69, 9.17) is 9.15 Å². The molecule has 0 fully saturated rings. The fraction of sp³-hybridized carbons (Fsp3) is 0.174. The first-order valence-corrected chi connectivity index (χ1v) is 9.38. The predicted octanol–water partition coefficient (Wildman–Crippen LogP) is 4.33. The summed E-state index contributed by atoms with van der Waals surface area (Å²) in [6, 6.07) is 15.2. The van der Waals surface area contributed by atoms with Crippen LogP contribution in [0.1, 0.15) is 39.0 Å². The topological polar surface area (TPSA) is 97.6 Å². The molecule has 2 amide bonds. The van der Waals surface area contributed by atoms with Gasteiger partial charge in [-0.25, -0.2) is 4.79 Å². The number of nitrogens with one attached hydrogen (secondary N) is 2. The van der Waals surface area contributed by atoms with Crippen molar-refractivity contribution in [2.45, 2.75) is 26.9 Å². The number of carbonyl (C=O) groups is 3. The molecule has 0 aliphatic heterocycles. The van der Waals surface area contributed by atoms with E-state index in [0.717, 1.165) is 11.1 Å². The number of carbonyl (C=O) groups excluding carboxylic acids is 3. The highest BCUT2D eigenvalue weighted by Gasteiger charge is 2.22. The van der Waals surface area contributed by atoms with Crippen LogP contribution in [0, 0.1) is 13.8 Å². The van der Waals surface area contributed by atoms with Gasteiger partial charge in [0.25, 0.3) is 11.8 Å². The summed E-state index contributed by atoms with van der Waals surface area (Å²) in [6.07, 6.45) is 0.344. The molecule has 0 spiro atoms. The van der Waals surface area contributed by atoms with E-state index < -0.39 is 23.9 Å². The van der Waals surface area contributed by atoms with Crippen LogP contribution in [0.15, 0.2) is 65.3 Å². The van der Waals surface area contributed by atoms with Crippen molar-refractivity contribution in [1.82, 2.24) is 0 Å². The van der Waals surface area contributed by atoms with Crippen LogP contribution in [0.3, 0.4) is 0 Å². The van der Waals surface area contributed by atoms with Gasteiger partial charge in [-0.15, -0.1) is 0 Å². The van der Waals surface area contributed by atoms with E-state index in [-0.39, 0.29) is 17.0 Å². The Morgan fingerprint density at radius 1 is 0.933 bits per heavy atom. The summed E-state index contributed by atoms with van der Waals surface area (Å²) in [4.78, 5) is 37.4. The van der Waals surface area contributed by atoms with Crippen molar-refractivity contribution in [3.05, 3.63) is 83.3 Å². The summed E-state index contributed by atoms with van der Waals surface area (Å²) < 4.78 is 10.4. The summed E-state index contributed by atoms with van der Waals surface area (Å²) in [6.45, 7) is 5.29. The molecule has 0 saturated heterocycles. The molecular weight excluding hydrogens is 384 g/mol. The van der Waals surface area contributed by atoms with Crippen LogP contribution in [0.5, 0.6) is 0 Å². The Bertz CT molecular complexity index is 1070. The number of esters is 1. The van der Waals surface area contributed by atoms with Crippen LogP contribution >= 0.6 is 0 Å². The van der Waals surface area contributed by atoms with E-state index in [1.54, 1.807) is 24.3 Å². The van der Waals surface area contributed by atoms with E-state index in [0.29, 0.717) is 5.69 Å². The number of ether oxygens (including phenoxy) is 1. The number of rotatable bonds is 6. The minimum Gasteiger partial charge on any atom is -0.459 e. The Balaban J connectivity index is 1.68. The van der Waals surface area contributed by atoms with Gasteiger partial charge in [-0.05, 0) is 62.2 Å². The molecule has 0 unspecified atom stereocenters. The van der Waals surface area contributed by atoms with Crippen molar-refractivity contribution in [3.8, 4) is 0 Å². The first-order valence-electron chi connectivity index (χ1n) is 9.38. The first-order chi connectivity index (χ1) is 14.3. The van der Waals surface area contributed by atoms with Crippen molar-refractivity contribution < 1.29 is 23.5 Å². The van der Waals surface area contributed by atoms with Crippen LogP contribution in [-0.2, 0) is 9.53 Å². The number of hydrogen-bond acceptors (Lipinski definition) is 5. The average molecular weight is 406 g/mol. The number of anilines is 2. The number of amides is 2. The van der Waals surface area contributed by atoms with Gasteiger partial charge in [0.05, 0.1) is 17.5 Å². The third-order valence-corrected chi connectivity index (χ3v) is 4.44. The normalized spacial score (nSPS) is 11.4. The van der Waals surface area contributed by atoms with Crippen LogP contribution in [-0.4, -0.2) is 23.9 Å². The number of hydrogen-bond donors (Lipinski definition) is 2. The maximum atomic E-state index is 12.6. The third-order valence-electron chi connectivity index (χ3n) is 4.44. The molecule has 1 heterocycles. The molecule has 7 heteroatoms. The van der Waals surface area contributed by atoms with Crippen LogP contribution in [0.2, 0.25) is 0 Å². The van der Waals surface area contributed by atoms with Crippen molar-refractivity contribution in [2.75, 3.05) is 10.6 Å². The second-order valence-electron chi connectivity index (χ2n) is 6.83. The van der Waals surface area contributed by atoms with Gasteiger partial charge in [0.15, 0.2) is 11.9 Å². The van der Waals surface area contributed by atoms with Gasteiger partial charge in [0.1, 0.15) is 0 Å². The van der Waals surface area contributed by atoms with Gasteiger partial charge in [0.2, 0.25) is 0 Å². The average Bonchev–Trinajstić information content (AvgIpc) is 3.26. The Kier molecular flexibility index (Phi) is 6.32. The van der Waals surface area contributed by atoms with Crippen LogP contribution in [0.25, 0.3) is 0 Å². The lowest BCUT2D eigenvalue weighted by atomic mass is 10.1. The molecule has 0 aliphatic rings. The number of furan rings is 1. The number of aryl methyl sites for hydroxylation is 2. The zero-order valence-corrected chi connectivity index (χ0v) is 16.9. The van der Waals surface area contributed by atoms with Gasteiger partial charge in [-0.1, -0.05) is 24.3 Å². The summed E-state index contributed by atoms with van der Waals surface area (Å²) in [7, 11) is 0. The predicted molar refractivity (Wildman–Crippen MR) is 113 cm³/mol. The Hall–Kier alpha value is -3.87. The lowest BCUT2D eigenvalue weighted by Crippen LogP contribution is -2.30. The Morgan fingerprint density at radius 3 is 2.43 bits per heavy atom. The zero-order valence-electron chi connectivity index (χ0n) is 16.9. The summed E-state index contributed by atoms with van der Waals surface area (Å²) in [5, 5.41) is 5.39. The number of para-hydroxylation sites is 1. The molecule has 3 rings (SSSR count). The Labute approximate surface area is 174 Å². The molecular formula is C23H22N2O5. The molecule has 0 aliphatic carbocycles. The molecule has 30 heavy (non-hydrogen) atoms. The second kappa shape index (κ2) is 9.09. The highest BCUT2D eigenvalue weighted by atomic mass is 16.5. The quantitative estimate of drug-likeness (QED) is 0.594. The van der Waals surface area contributed by atoms with E-state index in [1.807, 2.05) is 32.0 Å². The summed E-state index contributed by atoms with van der Waals surface area (Å²) >= 11 is 0. The maximum absolute atomic E-state index is 12.6. The van der Waals surface area contributed by atoms with Crippen molar-refractivity contribution in [2.24, 2.45) is 0 Å². The highest BCUT2D eigenvalue weighted by Crippen LogP contribution is 2.20. The van der Waals surface area contributed by atoms with Crippen LogP contribution < -0.4 is 10.6 Å². The van der Waals surface area contributed by atoms with Crippen LogP contribution in [0.4, 0.5) is 11.4 Å².